The summed E-state index contributed by atoms with van der Waals surface area (Å²) in [6.45, 7) is -1.15. The van der Waals surface area contributed by atoms with E-state index >= 15 is 0 Å². The van der Waals surface area contributed by atoms with Crippen LogP contribution in [0.5, 0.6) is 0 Å². The number of thiazole rings is 1. The van der Waals surface area contributed by atoms with E-state index in [2.05, 4.69) is 15.0 Å². The maximum Gasteiger partial charge on any atom is 0.405 e. The third-order valence-electron chi connectivity index (χ3n) is 4.68. The second kappa shape index (κ2) is 7.67. The first kappa shape index (κ1) is 20.3. The number of carbonyl (C=O) groups is 1. The lowest BCUT2D eigenvalue weighted by Crippen LogP contribution is -2.46. The zero-order valence-electron chi connectivity index (χ0n) is 15.4. The molecule has 1 fully saturated rings. The Kier molecular flexibility index (Phi) is 5.18. The van der Waals surface area contributed by atoms with Crippen LogP contribution in [0.1, 0.15) is 12.8 Å². The van der Waals surface area contributed by atoms with Crippen molar-refractivity contribution in [2.45, 2.75) is 25.1 Å². The minimum atomic E-state index is -4.52. The van der Waals surface area contributed by atoms with Crippen LogP contribution in [0.25, 0.3) is 21.6 Å². The van der Waals surface area contributed by atoms with Crippen LogP contribution >= 0.6 is 11.3 Å². The summed E-state index contributed by atoms with van der Waals surface area (Å²) in [5, 5.41) is 2.27. The molecule has 1 saturated heterocycles. The van der Waals surface area contributed by atoms with Gasteiger partial charge in [-0.2, -0.15) is 13.2 Å². The minimum Gasteiger partial charge on any atom is -0.375 e. The van der Waals surface area contributed by atoms with Crippen LogP contribution in [-0.4, -0.2) is 46.2 Å². The smallest absolute Gasteiger partial charge is 0.375 e. The lowest BCUT2D eigenvalue weighted by molar-refractivity contribution is -0.139. The van der Waals surface area contributed by atoms with Gasteiger partial charge in [0.25, 0.3) is 0 Å². The summed E-state index contributed by atoms with van der Waals surface area (Å²) in [5.41, 5.74) is 7.03. The monoisotopic (exact) mass is 440 g/mol. The number of alkyl halides is 3. The molecule has 0 unspecified atom stereocenters. The quantitative estimate of drug-likeness (QED) is 0.605. The molecular formula is C18H16F4N6OS. The fraction of sp³-hybridized carbons (Fsp3) is 0.333. The lowest BCUT2D eigenvalue weighted by Gasteiger charge is -2.25. The molecule has 0 radical (unpaired) electrons. The van der Waals surface area contributed by atoms with E-state index in [1.54, 1.807) is 18.2 Å². The number of halogens is 4. The summed E-state index contributed by atoms with van der Waals surface area (Å²) in [6.07, 6.45) is -2.71. The van der Waals surface area contributed by atoms with Crippen molar-refractivity contribution in [1.29, 1.82) is 0 Å². The van der Waals surface area contributed by atoms with Crippen LogP contribution in [0, 0.1) is 5.82 Å². The first-order valence-electron chi connectivity index (χ1n) is 9.01. The summed E-state index contributed by atoms with van der Waals surface area (Å²) < 4.78 is 52.6. The van der Waals surface area contributed by atoms with E-state index < -0.39 is 30.5 Å². The number of nitrogens with zero attached hydrogens (tertiary/aromatic N) is 4. The van der Waals surface area contributed by atoms with Gasteiger partial charge >= 0.3 is 6.18 Å². The van der Waals surface area contributed by atoms with Gasteiger partial charge in [-0.15, -0.1) is 0 Å². The minimum absolute atomic E-state index is 0.117. The van der Waals surface area contributed by atoms with Gasteiger partial charge in [-0.25, -0.2) is 19.3 Å². The lowest BCUT2D eigenvalue weighted by atomic mass is 10.2. The van der Waals surface area contributed by atoms with E-state index in [1.807, 2.05) is 5.32 Å². The number of rotatable bonds is 4. The van der Waals surface area contributed by atoms with E-state index in [1.165, 1.54) is 16.2 Å². The molecule has 3 N–H and O–H groups in total. The largest absolute Gasteiger partial charge is 0.405 e. The van der Waals surface area contributed by atoms with Crippen LogP contribution in [0.4, 0.5) is 28.5 Å². The maximum absolute atomic E-state index is 14.5. The van der Waals surface area contributed by atoms with E-state index in [-0.39, 0.29) is 11.6 Å². The molecule has 3 heterocycles. The zero-order valence-corrected chi connectivity index (χ0v) is 16.2. The topological polar surface area (TPSA) is 97.0 Å². The van der Waals surface area contributed by atoms with Crippen LogP contribution in [-0.2, 0) is 4.79 Å². The van der Waals surface area contributed by atoms with Crippen molar-refractivity contribution in [3.63, 3.8) is 0 Å². The number of hydrogen-bond donors (Lipinski definition) is 2. The van der Waals surface area contributed by atoms with Gasteiger partial charge in [0, 0.05) is 12.1 Å². The standard InChI is InChI=1S/C18H16F4N6OS/c19-10-7-24-14(9-3-4-11-13(6-9)30-17(23)26-11)27-15(10)28-5-1-2-12(28)16(29)25-8-18(20,21)22/h3-4,6-7,12H,1-2,5,8H2,(H2,23,26)(H,25,29)/t12-/m1/s1. The average molecular weight is 440 g/mol. The number of nitrogens with one attached hydrogen (secondary N) is 1. The number of anilines is 2. The Morgan fingerprint density at radius 1 is 1.33 bits per heavy atom. The number of fused-ring (bicyclic) bond motifs is 1. The normalized spacial score (nSPS) is 16.9. The number of hydrogen-bond acceptors (Lipinski definition) is 7. The maximum atomic E-state index is 14.5. The number of nitrogen functional groups attached to an aromatic ring is 1. The molecule has 4 rings (SSSR count). The highest BCUT2D eigenvalue weighted by Gasteiger charge is 2.36. The molecule has 7 nitrogen and oxygen atoms in total. The summed E-state index contributed by atoms with van der Waals surface area (Å²) in [5.74, 6) is -1.46. The summed E-state index contributed by atoms with van der Waals surface area (Å²) in [4.78, 5) is 26.1. The molecule has 3 aromatic rings. The van der Waals surface area contributed by atoms with Gasteiger partial charge in [-0.05, 0) is 31.0 Å². The third kappa shape index (κ3) is 4.13. The molecule has 158 valence electrons. The van der Waals surface area contributed by atoms with E-state index in [4.69, 9.17) is 5.73 Å². The molecule has 12 heteroatoms. The van der Waals surface area contributed by atoms with Crippen molar-refractivity contribution in [3.8, 4) is 11.4 Å². The van der Waals surface area contributed by atoms with Gasteiger partial charge in [0.2, 0.25) is 5.91 Å². The zero-order chi connectivity index (χ0) is 21.5. The van der Waals surface area contributed by atoms with Crippen LogP contribution in [0.2, 0.25) is 0 Å². The average Bonchev–Trinajstić information content (AvgIpc) is 3.31. The number of carbonyl (C=O) groups excluding carboxylic acids is 1. The van der Waals surface area contributed by atoms with E-state index in [0.717, 1.165) is 10.9 Å². The predicted molar refractivity (Wildman–Crippen MR) is 104 cm³/mol. The van der Waals surface area contributed by atoms with Gasteiger partial charge in [0.15, 0.2) is 22.6 Å². The Balaban J connectivity index is 1.62. The molecule has 1 amide bonds. The SMILES string of the molecule is Nc1nc2ccc(-c3ncc(F)c(N4CCC[C@@H]4C(=O)NCC(F)(F)F)n3)cc2s1. The van der Waals surface area contributed by atoms with Crippen molar-refractivity contribution < 1.29 is 22.4 Å². The molecule has 0 bridgehead atoms. The van der Waals surface area contributed by atoms with Crippen LogP contribution < -0.4 is 16.0 Å². The number of amides is 1. The Morgan fingerprint density at radius 2 is 2.13 bits per heavy atom. The second-order valence-electron chi connectivity index (χ2n) is 6.78. The molecule has 0 saturated carbocycles. The van der Waals surface area contributed by atoms with Crippen molar-refractivity contribution in [1.82, 2.24) is 20.3 Å². The third-order valence-corrected chi connectivity index (χ3v) is 5.53. The molecule has 1 aliphatic heterocycles. The Labute approximate surface area is 171 Å². The summed E-state index contributed by atoms with van der Waals surface area (Å²) in [6, 6.07) is 4.30. The van der Waals surface area contributed by atoms with Crippen molar-refractivity contribution in [3.05, 3.63) is 30.2 Å². The highest BCUT2D eigenvalue weighted by atomic mass is 32.1. The molecular weight excluding hydrogens is 424 g/mol. The van der Waals surface area contributed by atoms with Crippen LogP contribution in [0.3, 0.4) is 0 Å². The van der Waals surface area contributed by atoms with Gasteiger partial charge < -0.3 is 16.0 Å². The molecule has 0 aliphatic carbocycles. The van der Waals surface area contributed by atoms with Gasteiger partial charge in [-0.1, -0.05) is 11.3 Å². The molecule has 1 aromatic carbocycles. The van der Waals surface area contributed by atoms with Crippen molar-refractivity contribution in [2.24, 2.45) is 0 Å². The summed E-state index contributed by atoms with van der Waals surface area (Å²) in [7, 11) is 0. The van der Waals surface area contributed by atoms with Crippen LogP contribution in [0.15, 0.2) is 24.4 Å². The van der Waals surface area contributed by atoms with Crippen molar-refractivity contribution >= 4 is 38.4 Å². The number of benzene rings is 1. The second-order valence-corrected chi connectivity index (χ2v) is 7.85. The molecule has 1 aliphatic rings. The Morgan fingerprint density at radius 3 is 2.90 bits per heavy atom. The van der Waals surface area contributed by atoms with Gasteiger partial charge in [0.05, 0.1) is 16.4 Å². The highest BCUT2D eigenvalue weighted by Crippen LogP contribution is 2.31. The Bertz CT molecular complexity index is 1100. The fourth-order valence-electron chi connectivity index (χ4n) is 3.38. The molecule has 30 heavy (non-hydrogen) atoms. The predicted octanol–water partition coefficient (Wildman–Crippen LogP) is 3.12. The fourth-order valence-corrected chi connectivity index (χ4v) is 4.15. The first-order valence-corrected chi connectivity index (χ1v) is 9.83. The summed E-state index contributed by atoms with van der Waals surface area (Å²) >= 11 is 1.29. The van der Waals surface area contributed by atoms with E-state index in [0.29, 0.717) is 35.6 Å². The molecule has 2 aromatic heterocycles. The number of nitrogens with two attached hydrogens (primary N) is 1. The first-order chi connectivity index (χ1) is 14.2. The van der Waals surface area contributed by atoms with E-state index in [9.17, 15) is 22.4 Å². The number of aromatic nitrogens is 3. The highest BCUT2D eigenvalue weighted by molar-refractivity contribution is 7.22. The van der Waals surface area contributed by atoms with Gasteiger partial charge in [0.1, 0.15) is 12.6 Å². The van der Waals surface area contributed by atoms with Crippen molar-refractivity contribution in [2.75, 3.05) is 23.7 Å². The van der Waals surface area contributed by atoms with Gasteiger partial charge in [-0.3, -0.25) is 4.79 Å². The Hall–Kier alpha value is -3.02. The molecule has 1 atom stereocenters. The molecule has 0 spiro atoms.